The normalized spacial score (nSPS) is 10.6. The molecule has 124 valence electrons. The van der Waals surface area contributed by atoms with Gasteiger partial charge in [0.25, 0.3) is 0 Å². The predicted octanol–water partition coefficient (Wildman–Crippen LogP) is 3.02. The lowest BCUT2D eigenvalue weighted by atomic mass is 10.2. The summed E-state index contributed by atoms with van der Waals surface area (Å²) in [5.74, 6) is 1.05. The van der Waals surface area contributed by atoms with Gasteiger partial charge < -0.3 is 10.1 Å². The van der Waals surface area contributed by atoms with Crippen molar-refractivity contribution in [1.82, 2.24) is 20.2 Å². The highest BCUT2D eigenvalue weighted by molar-refractivity contribution is 5.32. The van der Waals surface area contributed by atoms with Gasteiger partial charge in [0.05, 0.1) is 0 Å². The van der Waals surface area contributed by atoms with E-state index >= 15 is 0 Å². The van der Waals surface area contributed by atoms with Gasteiger partial charge in [-0.25, -0.2) is 9.07 Å². The molecule has 6 nitrogen and oxygen atoms in total. The predicted molar refractivity (Wildman–Crippen MR) is 88.0 cm³/mol. The minimum atomic E-state index is -0.262. The zero-order chi connectivity index (χ0) is 16.8. The first kappa shape index (κ1) is 15.9. The van der Waals surface area contributed by atoms with Crippen LogP contribution in [0.5, 0.6) is 5.75 Å². The minimum Gasteiger partial charge on any atom is -0.489 e. The first-order valence-corrected chi connectivity index (χ1v) is 7.71. The van der Waals surface area contributed by atoms with Crippen molar-refractivity contribution in [2.45, 2.75) is 26.6 Å². The van der Waals surface area contributed by atoms with Gasteiger partial charge >= 0.3 is 0 Å². The van der Waals surface area contributed by atoms with Crippen molar-refractivity contribution in [2.75, 3.05) is 5.32 Å². The molecule has 0 saturated heterocycles. The third-order valence-corrected chi connectivity index (χ3v) is 3.53. The molecular formula is C17H18FN5O. The molecule has 0 aliphatic rings. The van der Waals surface area contributed by atoms with Gasteiger partial charge in [-0.3, -0.25) is 0 Å². The highest BCUT2D eigenvalue weighted by atomic mass is 19.1. The van der Waals surface area contributed by atoms with E-state index in [1.807, 2.05) is 31.2 Å². The minimum absolute atomic E-state index is 0.192. The molecule has 2 aromatic carbocycles. The number of tetrazole rings is 1. The highest BCUT2D eigenvalue weighted by Gasteiger charge is 2.05. The molecule has 1 N–H and O–H groups in total. The number of hydrogen-bond acceptors (Lipinski definition) is 5. The number of hydrogen-bond donors (Lipinski definition) is 1. The monoisotopic (exact) mass is 327 g/mol. The average molecular weight is 327 g/mol. The van der Waals surface area contributed by atoms with Crippen LogP contribution in [0.25, 0.3) is 0 Å². The molecule has 3 aromatic rings. The molecule has 0 bridgehead atoms. The summed E-state index contributed by atoms with van der Waals surface area (Å²) in [4.78, 5) is 0. The van der Waals surface area contributed by atoms with E-state index in [0.717, 1.165) is 5.56 Å². The summed E-state index contributed by atoms with van der Waals surface area (Å²) in [5.41, 5.74) is 1.55. The number of nitrogens with one attached hydrogen (secondary N) is 1. The Morgan fingerprint density at radius 2 is 2.04 bits per heavy atom. The van der Waals surface area contributed by atoms with Crippen molar-refractivity contribution in [1.29, 1.82) is 0 Å². The van der Waals surface area contributed by atoms with Crippen molar-refractivity contribution >= 4 is 5.95 Å². The maximum absolute atomic E-state index is 13.6. The maximum atomic E-state index is 13.6. The van der Waals surface area contributed by atoms with Crippen molar-refractivity contribution in [3.05, 3.63) is 65.5 Å². The molecule has 0 spiro atoms. The Morgan fingerprint density at radius 1 is 1.17 bits per heavy atom. The molecule has 1 heterocycles. The van der Waals surface area contributed by atoms with Crippen LogP contribution in [0.2, 0.25) is 0 Å². The van der Waals surface area contributed by atoms with Crippen molar-refractivity contribution in [3.63, 3.8) is 0 Å². The summed E-state index contributed by atoms with van der Waals surface area (Å²) < 4.78 is 21.0. The molecule has 0 saturated carbocycles. The summed E-state index contributed by atoms with van der Waals surface area (Å²) >= 11 is 0. The first-order valence-electron chi connectivity index (χ1n) is 7.71. The van der Waals surface area contributed by atoms with Crippen LogP contribution in [0.1, 0.15) is 18.1 Å². The van der Waals surface area contributed by atoms with Gasteiger partial charge in [-0.2, -0.15) is 0 Å². The molecule has 0 aliphatic heterocycles. The summed E-state index contributed by atoms with van der Waals surface area (Å²) in [7, 11) is 0. The fourth-order valence-corrected chi connectivity index (χ4v) is 2.25. The molecule has 7 heteroatoms. The highest BCUT2D eigenvalue weighted by Crippen LogP contribution is 2.17. The zero-order valence-electron chi connectivity index (χ0n) is 13.3. The van der Waals surface area contributed by atoms with Crippen molar-refractivity contribution in [2.24, 2.45) is 0 Å². The molecule has 24 heavy (non-hydrogen) atoms. The van der Waals surface area contributed by atoms with E-state index in [2.05, 4.69) is 20.8 Å². The number of aromatic nitrogens is 4. The van der Waals surface area contributed by atoms with Gasteiger partial charge in [0.15, 0.2) is 0 Å². The molecule has 0 amide bonds. The van der Waals surface area contributed by atoms with Gasteiger partial charge in [0.1, 0.15) is 18.2 Å². The standard InChI is InChI=1S/C17H18FN5O/c1-2-23-17(20-21-22-23)19-11-13-6-5-8-15(10-13)24-12-14-7-3-4-9-16(14)18/h3-10H,2,11-12H2,1H3,(H,19,20,22). The Bertz CT molecular complexity index is 805. The quantitative estimate of drug-likeness (QED) is 0.722. The second-order valence-electron chi connectivity index (χ2n) is 5.20. The van der Waals surface area contributed by atoms with Crippen LogP contribution in [0.3, 0.4) is 0 Å². The summed E-state index contributed by atoms with van der Waals surface area (Å²) in [6, 6.07) is 14.2. The number of nitrogens with zero attached hydrogens (tertiary/aromatic N) is 4. The second-order valence-corrected chi connectivity index (χ2v) is 5.20. The number of rotatable bonds is 7. The largest absolute Gasteiger partial charge is 0.489 e. The third-order valence-electron chi connectivity index (χ3n) is 3.53. The van der Waals surface area contributed by atoms with E-state index in [0.29, 0.717) is 30.4 Å². The van der Waals surface area contributed by atoms with E-state index in [1.165, 1.54) is 6.07 Å². The van der Waals surface area contributed by atoms with E-state index < -0.39 is 0 Å². The fourth-order valence-electron chi connectivity index (χ4n) is 2.25. The smallest absolute Gasteiger partial charge is 0.243 e. The fraction of sp³-hybridized carbons (Fsp3) is 0.235. The molecule has 0 unspecified atom stereocenters. The zero-order valence-corrected chi connectivity index (χ0v) is 13.3. The van der Waals surface area contributed by atoms with Crippen LogP contribution in [0, 0.1) is 5.82 Å². The summed E-state index contributed by atoms with van der Waals surface area (Å²) in [5, 5.41) is 14.6. The van der Waals surface area contributed by atoms with Gasteiger partial charge in [-0.1, -0.05) is 35.4 Å². The summed E-state index contributed by atoms with van der Waals surface area (Å²) in [6.07, 6.45) is 0. The topological polar surface area (TPSA) is 64.9 Å². The Kier molecular flexibility index (Phi) is 5.00. The Morgan fingerprint density at radius 3 is 2.88 bits per heavy atom. The lowest BCUT2D eigenvalue weighted by Gasteiger charge is -2.10. The van der Waals surface area contributed by atoms with Crippen LogP contribution < -0.4 is 10.1 Å². The van der Waals surface area contributed by atoms with Crippen molar-refractivity contribution < 1.29 is 9.13 Å². The van der Waals surface area contributed by atoms with Gasteiger partial charge in [-0.05, 0) is 41.1 Å². The van der Waals surface area contributed by atoms with E-state index in [4.69, 9.17) is 4.74 Å². The Balaban J connectivity index is 1.61. The third kappa shape index (κ3) is 3.87. The molecule has 3 rings (SSSR count). The lowest BCUT2D eigenvalue weighted by Crippen LogP contribution is -2.08. The van der Waals surface area contributed by atoms with Crippen LogP contribution in [0.4, 0.5) is 10.3 Å². The van der Waals surface area contributed by atoms with Crippen LogP contribution in [0.15, 0.2) is 48.5 Å². The Labute approximate surface area is 139 Å². The molecule has 0 radical (unpaired) electrons. The van der Waals surface area contributed by atoms with Gasteiger partial charge in [0.2, 0.25) is 5.95 Å². The summed E-state index contributed by atoms with van der Waals surface area (Å²) in [6.45, 7) is 3.43. The number of ether oxygens (including phenoxy) is 1. The SMILES string of the molecule is CCn1nnnc1NCc1cccc(OCc2ccccc2F)c1. The van der Waals surface area contributed by atoms with Crippen molar-refractivity contribution in [3.8, 4) is 5.75 Å². The number of aryl methyl sites for hydroxylation is 1. The van der Waals surface area contributed by atoms with Gasteiger partial charge in [0, 0.05) is 18.7 Å². The second kappa shape index (κ2) is 7.54. The molecular weight excluding hydrogens is 309 g/mol. The molecule has 0 aliphatic carbocycles. The molecule has 0 atom stereocenters. The first-order chi connectivity index (χ1) is 11.8. The van der Waals surface area contributed by atoms with E-state index in [-0.39, 0.29) is 12.4 Å². The van der Waals surface area contributed by atoms with E-state index in [1.54, 1.807) is 22.9 Å². The molecule has 0 fully saturated rings. The van der Waals surface area contributed by atoms with Crippen LogP contribution in [-0.2, 0) is 19.7 Å². The number of anilines is 1. The number of benzene rings is 2. The van der Waals surface area contributed by atoms with Crippen LogP contribution in [-0.4, -0.2) is 20.2 Å². The Hall–Kier alpha value is -2.96. The maximum Gasteiger partial charge on any atom is 0.243 e. The number of halogens is 1. The van der Waals surface area contributed by atoms with Crippen LogP contribution >= 0.6 is 0 Å². The average Bonchev–Trinajstić information content (AvgIpc) is 3.07. The van der Waals surface area contributed by atoms with Gasteiger partial charge in [-0.15, -0.1) is 0 Å². The molecule has 1 aromatic heterocycles. The lowest BCUT2D eigenvalue weighted by molar-refractivity contribution is 0.299. The van der Waals surface area contributed by atoms with E-state index in [9.17, 15) is 4.39 Å².